The van der Waals surface area contributed by atoms with Crippen molar-refractivity contribution in [1.82, 2.24) is 9.80 Å². The van der Waals surface area contributed by atoms with Crippen LogP contribution in [0.4, 0.5) is 0 Å². The molecule has 0 unspecified atom stereocenters. The summed E-state index contributed by atoms with van der Waals surface area (Å²) in [5.41, 5.74) is 1.88. The summed E-state index contributed by atoms with van der Waals surface area (Å²) in [6.45, 7) is 6.26. The Morgan fingerprint density at radius 3 is 2.62 bits per heavy atom. The number of aryl methyl sites for hydroxylation is 1. The number of ether oxygens (including phenoxy) is 2. The molecule has 2 fully saturated rings. The molecule has 1 aliphatic carbocycles. The first-order valence-corrected chi connectivity index (χ1v) is 11.6. The number of para-hydroxylation sites is 1. The van der Waals surface area contributed by atoms with Gasteiger partial charge in [-0.15, -0.1) is 0 Å². The highest BCUT2D eigenvalue weighted by Crippen LogP contribution is 2.30. The molecule has 1 saturated heterocycles. The van der Waals surface area contributed by atoms with Gasteiger partial charge >= 0.3 is 0 Å². The molecule has 2 aromatic carbocycles. The molecule has 0 aromatic heterocycles. The van der Waals surface area contributed by atoms with Crippen LogP contribution in [0.2, 0.25) is 0 Å². The maximum absolute atomic E-state index is 13.2. The molecule has 2 aliphatic rings. The van der Waals surface area contributed by atoms with Crippen LogP contribution >= 0.6 is 0 Å². The number of hydrogen-bond acceptors (Lipinski definition) is 5. The highest BCUT2D eigenvalue weighted by Gasteiger charge is 2.31. The lowest BCUT2D eigenvalue weighted by molar-refractivity contribution is -0.0538. The van der Waals surface area contributed by atoms with E-state index in [1.807, 2.05) is 66.4 Å². The number of nitrogens with zero attached hydrogens (tertiary/aromatic N) is 2. The number of aliphatic hydroxyl groups is 1. The molecule has 32 heavy (non-hydrogen) atoms. The minimum absolute atomic E-state index is 0.0564. The van der Waals surface area contributed by atoms with Gasteiger partial charge in [-0.25, -0.2) is 0 Å². The summed E-state index contributed by atoms with van der Waals surface area (Å²) in [5.74, 6) is 1.45. The van der Waals surface area contributed by atoms with Crippen molar-refractivity contribution in [2.45, 2.75) is 32.0 Å². The predicted octanol–water partition coefficient (Wildman–Crippen LogP) is 2.99. The number of benzene rings is 2. The molecule has 172 valence electrons. The van der Waals surface area contributed by atoms with E-state index >= 15 is 0 Å². The minimum Gasteiger partial charge on any atom is -0.491 e. The third-order valence-corrected chi connectivity index (χ3v) is 6.06. The van der Waals surface area contributed by atoms with Crippen LogP contribution in [0.1, 0.15) is 28.8 Å². The van der Waals surface area contributed by atoms with E-state index in [1.54, 1.807) is 0 Å². The Kier molecular flexibility index (Phi) is 7.79. The van der Waals surface area contributed by atoms with Crippen LogP contribution < -0.4 is 4.74 Å². The Morgan fingerprint density at radius 1 is 1.16 bits per heavy atom. The zero-order chi connectivity index (χ0) is 22.3. The molecule has 1 N–H and O–H groups in total. The Hall–Kier alpha value is -2.41. The first kappa shape index (κ1) is 22.8. The molecule has 4 rings (SSSR count). The van der Waals surface area contributed by atoms with Crippen molar-refractivity contribution in [3.8, 4) is 5.75 Å². The third kappa shape index (κ3) is 6.79. The van der Waals surface area contributed by atoms with Crippen LogP contribution in [0.5, 0.6) is 5.75 Å². The molecule has 1 heterocycles. The molecule has 2 atom stereocenters. The lowest BCUT2D eigenvalue weighted by Crippen LogP contribution is -2.51. The Bertz CT molecular complexity index is 854. The van der Waals surface area contributed by atoms with Crippen molar-refractivity contribution >= 4 is 5.91 Å². The molecular formula is C26H34N2O4. The van der Waals surface area contributed by atoms with E-state index in [-0.39, 0.29) is 18.6 Å². The van der Waals surface area contributed by atoms with Gasteiger partial charge in [0.25, 0.3) is 5.91 Å². The van der Waals surface area contributed by atoms with Crippen molar-refractivity contribution in [2.75, 3.05) is 45.9 Å². The summed E-state index contributed by atoms with van der Waals surface area (Å²) in [7, 11) is 0. The smallest absolute Gasteiger partial charge is 0.253 e. The quantitative estimate of drug-likeness (QED) is 0.618. The normalized spacial score (nSPS) is 20.0. The molecule has 0 bridgehead atoms. The molecule has 6 nitrogen and oxygen atoms in total. The van der Waals surface area contributed by atoms with Gasteiger partial charge < -0.3 is 19.5 Å². The van der Waals surface area contributed by atoms with Gasteiger partial charge in [-0.05, 0) is 49.9 Å². The second kappa shape index (κ2) is 10.9. The number of carbonyl (C=O) groups is 1. The molecule has 6 heteroatoms. The topological polar surface area (TPSA) is 62.2 Å². The van der Waals surface area contributed by atoms with Gasteiger partial charge in [0, 0.05) is 38.3 Å². The molecular weight excluding hydrogens is 404 g/mol. The van der Waals surface area contributed by atoms with Gasteiger partial charge in [0.1, 0.15) is 18.5 Å². The lowest BCUT2D eigenvalue weighted by atomic mass is 10.1. The van der Waals surface area contributed by atoms with Gasteiger partial charge in [0.2, 0.25) is 0 Å². The Morgan fingerprint density at radius 2 is 1.91 bits per heavy atom. The van der Waals surface area contributed by atoms with Gasteiger partial charge in [-0.1, -0.05) is 35.9 Å². The molecule has 1 amide bonds. The van der Waals surface area contributed by atoms with E-state index in [0.29, 0.717) is 32.2 Å². The monoisotopic (exact) mass is 438 g/mol. The zero-order valence-electron chi connectivity index (χ0n) is 18.9. The standard InChI is InChI=1S/C26H34N2O4/c1-20-7-11-22(12-8-20)26(30)28(15-21-9-10-21)18-25-17-27(13-14-31-25)16-23(29)19-32-24-5-3-2-4-6-24/h2-8,11-12,21,23,25,29H,9-10,13-19H2,1H3/t23-,25+/m0/s1. The van der Waals surface area contributed by atoms with E-state index in [1.165, 1.54) is 12.8 Å². The number of hydrogen-bond donors (Lipinski definition) is 1. The van der Waals surface area contributed by atoms with E-state index in [9.17, 15) is 9.90 Å². The lowest BCUT2D eigenvalue weighted by Gasteiger charge is -2.36. The number of amides is 1. The number of β-amino-alcohol motifs (C(OH)–C–C–N with tert-alkyl or cyclic N) is 1. The first-order valence-electron chi connectivity index (χ1n) is 11.6. The Balaban J connectivity index is 1.29. The average Bonchev–Trinajstić information content (AvgIpc) is 3.62. The van der Waals surface area contributed by atoms with Crippen LogP contribution in [0.15, 0.2) is 54.6 Å². The van der Waals surface area contributed by atoms with Crippen LogP contribution in [0.25, 0.3) is 0 Å². The highest BCUT2D eigenvalue weighted by molar-refractivity contribution is 5.94. The first-order chi connectivity index (χ1) is 15.6. The molecule has 2 aromatic rings. The number of carbonyl (C=O) groups excluding carboxylic acids is 1. The zero-order valence-corrected chi connectivity index (χ0v) is 18.9. The summed E-state index contributed by atoms with van der Waals surface area (Å²) >= 11 is 0. The summed E-state index contributed by atoms with van der Waals surface area (Å²) in [6.07, 6.45) is 1.76. The fourth-order valence-corrected chi connectivity index (χ4v) is 4.09. The minimum atomic E-state index is -0.578. The SMILES string of the molecule is Cc1ccc(C(=O)N(CC2CC2)C[C@H]2CN(C[C@H](O)COc3ccccc3)CCO2)cc1. The van der Waals surface area contributed by atoms with Gasteiger partial charge in [-0.2, -0.15) is 0 Å². The number of morpholine rings is 1. The molecule has 0 radical (unpaired) electrons. The predicted molar refractivity (Wildman–Crippen MR) is 124 cm³/mol. The van der Waals surface area contributed by atoms with Crippen molar-refractivity contribution in [2.24, 2.45) is 5.92 Å². The van der Waals surface area contributed by atoms with Crippen LogP contribution in [-0.4, -0.2) is 79.0 Å². The average molecular weight is 439 g/mol. The second-order valence-electron chi connectivity index (χ2n) is 9.05. The van der Waals surface area contributed by atoms with Gasteiger partial charge in [0.05, 0.1) is 12.7 Å². The summed E-state index contributed by atoms with van der Waals surface area (Å²) in [6, 6.07) is 17.3. The van der Waals surface area contributed by atoms with Gasteiger partial charge in [-0.3, -0.25) is 9.69 Å². The number of rotatable bonds is 10. The third-order valence-electron chi connectivity index (χ3n) is 6.06. The maximum atomic E-state index is 13.2. The maximum Gasteiger partial charge on any atom is 0.253 e. The Labute approximate surface area is 190 Å². The fraction of sp³-hybridized carbons (Fsp3) is 0.500. The van der Waals surface area contributed by atoms with Crippen molar-refractivity contribution < 1.29 is 19.4 Å². The number of aliphatic hydroxyl groups excluding tert-OH is 1. The molecule has 1 aliphatic heterocycles. The molecule has 1 saturated carbocycles. The summed E-state index contributed by atoms with van der Waals surface area (Å²) in [5, 5.41) is 10.4. The van der Waals surface area contributed by atoms with Crippen molar-refractivity contribution in [3.05, 3.63) is 65.7 Å². The van der Waals surface area contributed by atoms with Crippen LogP contribution in [0, 0.1) is 12.8 Å². The van der Waals surface area contributed by atoms with E-state index in [2.05, 4.69) is 4.90 Å². The van der Waals surface area contributed by atoms with E-state index < -0.39 is 6.10 Å². The molecule has 0 spiro atoms. The summed E-state index contributed by atoms with van der Waals surface area (Å²) in [4.78, 5) is 17.3. The second-order valence-corrected chi connectivity index (χ2v) is 9.05. The largest absolute Gasteiger partial charge is 0.491 e. The van der Waals surface area contributed by atoms with Crippen molar-refractivity contribution in [3.63, 3.8) is 0 Å². The van der Waals surface area contributed by atoms with Crippen LogP contribution in [-0.2, 0) is 4.74 Å². The van der Waals surface area contributed by atoms with E-state index in [4.69, 9.17) is 9.47 Å². The van der Waals surface area contributed by atoms with Crippen LogP contribution in [0.3, 0.4) is 0 Å². The van der Waals surface area contributed by atoms with Gasteiger partial charge in [0.15, 0.2) is 0 Å². The van der Waals surface area contributed by atoms with E-state index in [0.717, 1.165) is 30.0 Å². The summed E-state index contributed by atoms with van der Waals surface area (Å²) < 4.78 is 11.7. The van der Waals surface area contributed by atoms with Crippen molar-refractivity contribution in [1.29, 1.82) is 0 Å². The fourth-order valence-electron chi connectivity index (χ4n) is 4.09. The highest BCUT2D eigenvalue weighted by atomic mass is 16.5.